The molecule has 0 spiro atoms. The van der Waals surface area contributed by atoms with Gasteiger partial charge in [0.1, 0.15) is 0 Å². The molecule has 0 bridgehead atoms. The summed E-state index contributed by atoms with van der Waals surface area (Å²) < 4.78 is 0. The average molecular weight is 340 g/mol. The maximum atomic E-state index is 5.90. The highest BCUT2D eigenvalue weighted by Crippen LogP contribution is 2.44. The number of rotatable bonds is 5. The predicted octanol–water partition coefficient (Wildman–Crippen LogP) is 4.55. The predicted molar refractivity (Wildman–Crippen MR) is 109 cm³/mol. The smallest absolute Gasteiger partial charge is 0.0193 e. The van der Waals surface area contributed by atoms with Crippen molar-refractivity contribution in [2.45, 2.75) is 24.9 Å². The fourth-order valence-corrected chi connectivity index (χ4v) is 4.00. The molecule has 0 heterocycles. The van der Waals surface area contributed by atoms with E-state index < -0.39 is 0 Å². The van der Waals surface area contributed by atoms with Crippen LogP contribution in [-0.4, -0.2) is 0 Å². The Morgan fingerprint density at radius 1 is 0.731 bits per heavy atom. The van der Waals surface area contributed by atoms with Crippen molar-refractivity contribution >= 4 is 6.08 Å². The molecular formula is C24H24N2. The van der Waals surface area contributed by atoms with Crippen LogP contribution in [0.5, 0.6) is 0 Å². The normalized spacial score (nSPS) is 15.4. The second kappa shape index (κ2) is 7.28. The van der Waals surface area contributed by atoms with Crippen LogP contribution in [-0.2, 0) is 13.1 Å². The lowest BCUT2D eigenvalue weighted by molar-refractivity contribution is 0.721. The molecule has 130 valence electrons. The third-order valence-corrected chi connectivity index (χ3v) is 5.29. The molecule has 0 saturated heterocycles. The molecule has 1 aliphatic rings. The largest absolute Gasteiger partial charge is 0.326 e. The van der Waals surface area contributed by atoms with Crippen LogP contribution in [0.3, 0.4) is 0 Å². The van der Waals surface area contributed by atoms with Crippen LogP contribution < -0.4 is 11.5 Å². The molecule has 3 aromatic carbocycles. The van der Waals surface area contributed by atoms with Crippen LogP contribution in [0.1, 0.15) is 45.2 Å². The first-order chi connectivity index (χ1) is 12.8. The minimum absolute atomic E-state index is 0.243. The molecule has 4 rings (SSSR count). The van der Waals surface area contributed by atoms with Gasteiger partial charge in [0.15, 0.2) is 0 Å². The zero-order valence-electron chi connectivity index (χ0n) is 14.8. The molecule has 4 N–H and O–H groups in total. The number of fused-ring (bicyclic) bond motifs is 1. The second-order valence-electron chi connectivity index (χ2n) is 6.89. The van der Waals surface area contributed by atoms with E-state index in [0.29, 0.717) is 19.0 Å². The third-order valence-electron chi connectivity index (χ3n) is 5.29. The molecule has 3 aromatic rings. The van der Waals surface area contributed by atoms with Gasteiger partial charge in [-0.15, -0.1) is 0 Å². The first kappa shape index (κ1) is 16.8. The van der Waals surface area contributed by atoms with Crippen molar-refractivity contribution in [3.63, 3.8) is 0 Å². The number of allylic oxidation sites excluding steroid dienone is 1. The van der Waals surface area contributed by atoms with Gasteiger partial charge in [-0.25, -0.2) is 0 Å². The highest BCUT2D eigenvalue weighted by molar-refractivity contribution is 5.64. The van der Waals surface area contributed by atoms with Gasteiger partial charge >= 0.3 is 0 Å². The van der Waals surface area contributed by atoms with Crippen LogP contribution >= 0.6 is 0 Å². The SMILES string of the molecule is NCc1cccc(C(c2cccc(CN)c2)C2C=Cc3ccccc32)c1. The third kappa shape index (κ3) is 3.10. The van der Waals surface area contributed by atoms with E-state index in [1.54, 1.807) is 0 Å². The van der Waals surface area contributed by atoms with Gasteiger partial charge in [0.2, 0.25) is 0 Å². The van der Waals surface area contributed by atoms with Crippen molar-refractivity contribution in [3.05, 3.63) is 112 Å². The summed E-state index contributed by atoms with van der Waals surface area (Å²) in [6.45, 7) is 1.11. The van der Waals surface area contributed by atoms with Crippen LogP contribution in [0.15, 0.2) is 78.9 Å². The molecule has 2 heteroatoms. The van der Waals surface area contributed by atoms with Gasteiger partial charge in [-0.3, -0.25) is 0 Å². The van der Waals surface area contributed by atoms with Gasteiger partial charge in [0.05, 0.1) is 0 Å². The van der Waals surface area contributed by atoms with Crippen molar-refractivity contribution in [2.24, 2.45) is 11.5 Å². The molecule has 1 unspecified atom stereocenters. The van der Waals surface area contributed by atoms with E-state index in [0.717, 1.165) is 11.1 Å². The van der Waals surface area contributed by atoms with Crippen molar-refractivity contribution in [1.82, 2.24) is 0 Å². The van der Waals surface area contributed by atoms with Gasteiger partial charge in [-0.1, -0.05) is 84.9 Å². The van der Waals surface area contributed by atoms with E-state index in [1.807, 2.05) is 0 Å². The summed E-state index contributed by atoms with van der Waals surface area (Å²) in [6, 6.07) is 26.0. The van der Waals surface area contributed by atoms with E-state index in [-0.39, 0.29) is 5.92 Å². The minimum Gasteiger partial charge on any atom is -0.326 e. The Kier molecular flexibility index (Phi) is 4.70. The molecule has 1 aliphatic carbocycles. The lowest BCUT2D eigenvalue weighted by Gasteiger charge is -2.26. The van der Waals surface area contributed by atoms with Crippen LogP contribution in [0.4, 0.5) is 0 Å². The summed E-state index contributed by atoms with van der Waals surface area (Å²) in [5.74, 6) is 0.556. The Bertz CT molecular complexity index is 895. The summed E-state index contributed by atoms with van der Waals surface area (Å²) in [7, 11) is 0. The Morgan fingerprint density at radius 3 is 1.96 bits per heavy atom. The maximum absolute atomic E-state index is 5.90. The summed E-state index contributed by atoms with van der Waals surface area (Å²) in [5.41, 5.74) is 19.4. The second-order valence-corrected chi connectivity index (χ2v) is 6.89. The van der Waals surface area contributed by atoms with Crippen LogP contribution in [0.2, 0.25) is 0 Å². The van der Waals surface area contributed by atoms with Gasteiger partial charge < -0.3 is 11.5 Å². The Morgan fingerprint density at radius 2 is 1.35 bits per heavy atom. The summed E-state index contributed by atoms with van der Waals surface area (Å²) in [6.07, 6.45) is 4.58. The van der Waals surface area contributed by atoms with Crippen molar-refractivity contribution in [1.29, 1.82) is 0 Å². The highest BCUT2D eigenvalue weighted by Gasteiger charge is 2.28. The first-order valence-corrected chi connectivity index (χ1v) is 9.15. The van der Waals surface area contributed by atoms with Gasteiger partial charge in [-0.2, -0.15) is 0 Å². The molecule has 0 radical (unpaired) electrons. The molecule has 1 atom stereocenters. The van der Waals surface area contributed by atoms with E-state index >= 15 is 0 Å². The molecular weight excluding hydrogens is 316 g/mol. The summed E-state index contributed by atoms with van der Waals surface area (Å²) in [5, 5.41) is 0. The molecule has 0 saturated carbocycles. The van der Waals surface area contributed by atoms with E-state index in [4.69, 9.17) is 11.5 Å². The van der Waals surface area contributed by atoms with E-state index in [1.165, 1.54) is 22.3 Å². The van der Waals surface area contributed by atoms with Crippen molar-refractivity contribution in [2.75, 3.05) is 0 Å². The maximum Gasteiger partial charge on any atom is 0.0193 e. The molecule has 0 amide bonds. The Hall–Kier alpha value is -2.68. The van der Waals surface area contributed by atoms with Crippen LogP contribution in [0, 0.1) is 0 Å². The zero-order valence-corrected chi connectivity index (χ0v) is 14.8. The molecule has 0 aromatic heterocycles. The van der Waals surface area contributed by atoms with E-state index in [9.17, 15) is 0 Å². The average Bonchev–Trinajstić information content (AvgIpc) is 3.12. The molecule has 26 heavy (non-hydrogen) atoms. The van der Waals surface area contributed by atoms with Crippen LogP contribution in [0.25, 0.3) is 6.08 Å². The minimum atomic E-state index is 0.243. The van der Waals surface area contributed by atoms with Gasteiger partial charge in [0, 0.05) is 24.9 Å². The quantitative estimate of drug-likeness (QED) is 0.716. The molecule has 0 aliphatic heterocycles. The number of hydrogen-bond acceptors (Lipinski definition) is 2. The number of hydrogen-bond donors (Lipinski definition) is 2. The monoisotopic (exact) mass is 340 g/mol. The van der Waals surface area contributed by atoms with Crippen molar-refractivity contribution < 1.29 is 0 Å². The van der Waals surface area contributed by atoms with Crippen molar-refractivity contribution in [3.8, 4) is 0 Å². The first-order valence-electron chi connectivity index (χ1n) is 9.15. The number of benzene rings is 3. The summed E-state index contributed by atoms with van der Waals surface area (Å²) >= 11 is 0. The highest BCUT2D eigenvalue weighted by atomic mass is 14.5. The zero-order chi connectivity index (χ0) is 17.9. The molecule has 2 nitrogen and oxygen atoms in total. The lowest BCUT2D eigenvalue weighted by Crippen LogP contribution is -2.12. The van der Waals surface area contributed by atoms with Gasteiger partial charge in [-0.05, 0) is 33.4 Å². The fraction of sp³-hybridized carbons (Fsp3) is 0.167. The van der Waals surface area contributed by atoms with Gasteiger partial charge in [0.25, 0.3) is 0 Å². The standard InChI is InChI=1S/C24H24N2/c25-15-17-5-3-8-20(13-17)24(21-9-4-6-18(14-21)16-26)23-12-11-19-7-1-2-10-22(19)23/h1-14,23-24H,15-16,25-26H2. The Balaban J connectivity index is 1.86. The topological polar surface area (TPSA) is 52.0 Å². The number of nitrogens with two attached hydrogens (primary N) is 2. The summed E-state index contributed by atoms with van der Waals surface area (Å²) in [4.78, 5) is 0. The lowest BCUT2D eigenvalue weighted by atomic mass is 9.77. The molecule has 0 fully saturated rings. The Labute approximate surface area is 155 Å². The fourth-order valence-electron chi connectivity index (χ4n) is 4.00. The van der Waals surface area contributed by atoms with E-state index in [2.05, 4.69) is 84.9 Å².